The highest BCUT2D eigenvalue weighted by atomic mass is 16.7. The summed E-state index contributed by atoms with van der Waals surface area (Å²) in [5.41, 5.74) is 0. The highest BCUT2D eigenvalue weighted by Crippen LogP contribution is 2.13. The van der Waals surface area contributed by atoms with Gasteiger partial charge in [0.05, 0.1) is 21.6 Å². The predicted molar refractivity (Wildman–Crippen MR) is 68.0 cm³/mol. The Morgan fingerprint density at radius 2 is 1.05 bits per heavy atom. The van der Waals surface area contributed by atoms with E-state index in [-0.39, 0.29) is 9.72 Å². The summed E-state index contributed by atoms with van der Waals surface area (Å²) in [4.78, 5) is 21.9. The van der Waals surface area contributed by atoms with Crippen LogP contribution < -0.4 is 0 Å². The SMILES string of the molecule is CC(=O)OC(C(C)C)/[N+]([O-])=[N+](\[O-])C(OC(C)=O)C(C)C. The van der Waals surface area contributed by atoms with Crippen molar-refractivity contribution in [1.29, 1.82) is 0 Å². The van der Waals surface area contributed by atoms with Gasteiger partial charge in [0, 0.05) is 13.8 Å². The van der Waals surface area contributed by atoms with Crippen molar-refractivity contribution in [2.75, 3.05) is 0 Å². The molecule has 116 valence electrons. The lowest BCUT2D eigenvalue weighted by atomic mass is 10.2. The summed E-state index contributed by atoms with van der Waals surface area (Å²) in [5, 5.41) is 24.0. The van der Waals surface area contributed by atoms with Crippen molar-refractivity contribution in [3.63, 3.8) is 0 Å². The van der Waals surface area contributed by atoms with Crippen LogP contribution >= 0.6 is 0 Å². The fraction of sp³-hybridized carbons (Fsp3) is 0.833. The maximum atomic E-state index is 12.0. The number of hydroxylamine groups is 2. The molecular formula is C12H22N2O6. The first-order valence-electron chi connectivity index (χ1n) is 6.35. The monoisotopic (exact) mass is 290 g/mol. The molecule has 0 N–H and O–H groups in total. The molecule has 0 aromatic heterocycles. The van der Waals surface area contributed by atoms with E-state index in [1.807, 2.05) is 0 Å². The molecule has 0 rings (SSSR count). The van der Waals surface area contributed by atoms with Gasteiger partial charge in [0.2, 0.25) is 0 Å². The van der Waals surface area contributed by atoms with E-state index in [1.165, 1.54) is 0 Å². The molecule has 0 aliphatic rings. The summed E-state index contributed by atoms with van der Waals surface area (Å²) in [7, 11) is 0. The summed E-state index contributed by atoms with van der Waals surface area (Å²) >= 11 is 0. The van der Waals surface area contributed by atoms with Crippen molar-refractivity contribution in [3.05, 3.63) is 10.4 Å². The van der Waals surface area contributed by atoms with Crippen molar-refractivity contribution in [1.82, 2.24) is 0 Å². The van der Waals surface area contributed by atoms with E-state index in [1.54, 1.807) is 27.7 Å². The number of ether oxygens (including phenoxy) is 2. The number of nitrogens with zero attached hydrogens (tertiary/aromatic N) is 2. The van der Waals surface area contributed by atoms with E-state index in [0.29, 0.717) is 0 Å². The lowest BCUT2D eigenvalue weighted by Crippen LogP contribution is -2.42. The molecule has 0 aromatic carbocycles. The fourth-order valence-corrected chi connectivity index (χ4v) is 1.44. The highest BCUT2D eigenvalue weighted by molar-refractivity contribution is 5.66. The minimum absolute atomic E-state index is 0.0142. The third-order valence-electron chi connectivity index (χ3n) is 2.34. The predicted octanol–water partition coefficient (Wildman–Crippen LogP) is 1.55. The van der Waals surface area contributed by atoms with Gasteiger partial charge in [0.25, 0.3) is 0 Å². The van der Waals surface area contributed by atoms with Crippen molar-refractivity contribution in [2.24, 2.45) is 11.8 Å². The number of hydrogen-bond donors (Lipinski definition) is 0. The first kappa shape index (κ1) is 18.1. The summed E-state index contributed by atoms with van der Waals surface area (Å²) < 4.78 is 9.64. The van der Waals surface area contributed by atoms with Crippen LogP contribution in [0.3, 0.4) is 0 Å². The second-order valence-corrected chi connectivity index (χ2v) is 5.09. The van der Waals surface area contributed by atoms with E-state index < -0.39 is 36.2 Å². The average molecular weight is 290 g/mol. The van der Waals surface area contributed by atoms with E-state index in [4.69, 9.17) is 9.47 Å². The van der Waals surface area contributed by atoms with Crippen LogP contribution in [0.1, 0.15) is 41.5 Å². The Morgan fingerprint density at radius 1 is 0.800 bits per heavy atom. The second-order valence-electron chi connectivity index (χ2n) is 5.09. The van der Waals surface area contributed by atoms with Crippen LogP contribution in [-0.2, 0) is 19.1 Å². The molecule has 0 radical (unpaired) electrons. The molecule has 0 saturated carbocycles. The van der Waals surface area contributed by atoms with Gasteiger partial charge in [-0.2, -0.15) is 0 Å². The van der Waals surface area contributed by atoms with Crippen LogP contribution in [0.2, 0.25) is 0 Å². The van der Waals surface area contributed by atoms with Crippen LogP contribution in [-0.4, -0.2) is 34.1 Å². The zero-order valence-electron chi connectivity index (χ0n) is 12.7. The number of carbonyl (C=O) groups is 2. The van der Waals surface area contributed by atoms with Gasteiger partial charge in [-0.3, -0.25) is 9.59 Å². The molecule has 2 atom stereocenters. The fourth-order valence-electron chi connectivity index (χ4n) is 1.44. The second kappa shape index (κ2) is 7.66. The van der Waals surface area contributed by atoms with Crippen molar-refractivity contribution < 1.29 is 28.8 Å². The highest BCUT2D eigenvalue weighted by Gasteiger charge is 2.37. The largest absolute Gasteiger partial charge is 0.563 e. The van der Waals surface area contributed by atoms with Gasteiger partial charge in [-0.05, 0) is 0 Å². The van der Waals surface area contributed by atoms with Gasteiger partial charge < -0.3 is 19.9 Å². The molecule has 20 heavy (non-hydrogen) atoms. The first-order chi connectivity index (χ1) is 9.07. The van der Waals surface area contributed by atoms with Crippen molar-refractivity contribution in [2.45, 2.75) is 54.0 Å². The molecule has 0 amide bonds. The number of azo groups is 1. The third-order valence-corrected chi connectivity index (χ3v) is 2.34. The van der Waals surface area contributed by atoms with Crippen LogP contribution in [0.15, 0.2) is 0 Å². The summed E-state index contributed by atoms with van der Waals surface area (Å²) in [6.07, 6.45) is -2.55. The number of esters is 2. The molecule has 0 fully saturated rings. The Labute approximate surface area is 118 Å². The molecule has 8 heteroatoms. The first-order valence-corrected chi connectivity index (χ1v) is 6.35. The third kappa shape index (κ3) is 5.41. The maximum absolute atomic E-state index is 12.0. The zero-order chi connectivity index (χ0) is 16.0. The molecule has 0 bridgehead atoms. The topological polar surface area (TPSA) is 105 Å². The molecule has 0 aliphatic heterocycles. The Balaban J connectivity index is 5.42. The van der Waals surface area contributed by atoms with Crippen LogP contribution in [0.5, 0.6) is 0 Å². The normalized spacial score (nSPS) is 15.6. The number of carbonyl (C=O) groups excluding carboxylic acids is 2. The standard InChI is InChI=1S/C12H22N2O6/c1-7(2)11(19-9(5)15)13(17)14(18)12(8(3)4)20-10(6)16/h7-8,11-12H,1-6H3/b14-13+. The minimum Gasteiger partial charge on any atom is -0.563 e. The number of hydrogen-bond acceptors (Lipinski definition) is 6. The van der Waals surface area contributed by atoms with Gasteiger partial charge in [-0.25, -0.2) is 0 Å². The molecular weight excluding hydrogens is 268 g/mol. The Hall–Kier alpha value is -1.86. The molecule has 2 unspecified atom stereocenters. The average Bonchev–Trinajstić information content (AvgIpc) is 2.30. The van der Waals surface area contributed by atoms with Gasteiger partial charge in [-0.1, -0.05) is 27.7 Å². The van der Waals surface area contributed by atoms with Gasteiger partial charge in [-0.15, -0.1) is 0 Å². The van der Waals surface area contributed by atoms with E-state index >= 15 is 0 Å². The Kier molecular flexibility index (Phi) is 6.95. The molecule has 8 nitrogen and oxygen atoms in total. The molecule has 0 heterocycles. The van der Waals surface area contributed by atoms with E-state index in [9.17, 15) is 20.0 Å². The molecule has 0 aliphatic carbocycles. The summed E-state index contributed by atoms with van der Waals surface area (Å²) in [6, 6.07) is 0. The van der Waals surface area contributed by atoms with Crippen LogP contribution in [0.4, 0.5) is 0 Å². The molecule has 0 spiro atoms. The Bertz CT molecular complexity index is 355. The quantitative estimate of drug-likeness (QED) is 0.241. The smallest absolute Gasteiger partial charge is 0.373 e. The maximum Gasteiger partial charge on any atom is 0.373 e. The van der Waals surface area contributed by atoms with Gasteiger partial charge in [0.1, 0.15) is 0 Å². The zero-order valence-corrected chi connectivity index (χ0v) is 12.7. The van der Waals surface area contributed by atoms with E-state index in [0.717, 1.165) is 13.8 Å². The molecule has 0 saturated heterocycles. The summed E-state index contributed by atoms with van der Waals surface area (Å²) in [5.74, 6) is -2.16. The van der Waals surface area contributed by atoms with Crippen LogP contribution in [0, 0.1) is 22.3 Å². The van der Waals surface area contributed by atoms with Gasteiger partial charge in [0.15, 0.2) is 0 Å². The van der Waals surface area contributed by atoms with Crippen LogP contribution in [0.25, 0.3) is 0 Å². The molecule has 0 aromatic rings. The minimum atomic E-state index is -1.28. The lowest BCUT2D eigenvalue weighted by molar-refractivity contribution is -1.02. The van der Waals surface area contributed by atoms with E-state index in [2.05, 4.69) is 0 Å². The van der Waals surface area contributed by atoms with Crippen molar-refractivity contribution >= 4 is 11.9 Å². The summed E-state index contributed by atoms with van der Waals surface area (Å²) in [6.45, 7) is 8.80. The lowest BCUT2D eigenvalue weighted by Gasteiger charge is -2.20. The van der Waals surface area contributed by atoms with Crippen molar-refractivity contribution in [3.8, 4) is 0 Å². The Morgan fingerprint density at radius 3 is 1.20 bits per heavy atom. The number of rotatable bonds is 6. The van der Waals surface area contributed by atoms with Gasteiger partial charge >= 0.3 is 24.4 Å².